The van der Waals surface area contributed by atoms with Gasteiger partial charge in [-0.15, -0.1) is 0 Å². The van der Waals surface area contributed by atoms with Crippen LogP contribution in [0.5, 0.6) is 0 Å². The number of carboxylic acid groups (broad SMARTS) is 2. The summed E-state index contributed by atoms with van der Waals surface area (Å²) in [5, 5.41) is 15.8. The SMILES string of the molecule is O=C(O)C(F)(F)F.O=C(O)CCC(=O)N1CCN(CCC23CC4CC(CC(C4)C2)C3)CC1. The van der Waals surface area contributed by atoms with Crippen LogP contribution in [0.1, 0.15) is 57.8 Å². The molecule has 1 aliphatic heterocycles. The van der Waals surface area contributed by atoms with Gasteiger partial charge >= 0.3 is 18.1 Å². The number of hydrogen-bond donors (Lipinski definition) is 2. The number of alkyl halides is 3. The summed E-state index contributed by atoms with van der Waals surface area (Å²) in [6, 6.07) is 0. The van der Waals surface area contributed by atoms with E-state index in [1.807, 2.05) is 4.90 Å². The highest BCUT2D eigenvalue weighted by atomic mass is 19.4. The molecule has 5 rings (SSSR count). The third-order valence-electron chi connectivity index (χ3n) is 7.64. The van der Waals surface area contributed by atoms with Crippen molar-refractivity contribution in [2.24, 2.45) is 23.2 Å². The van der Waals surface area contributed by atoms with Crippen molar-refractivity contribution >= 4 is 17.8 Å². The Labute approximate surface area is 185 Å². The standard InChI is InChI=1S/C20H32N2O3.C2HF3O2/c23-18(1-2-19(24)25)22-7-5-21(6-8-22)4-3-20-12-15-9-16(13-20)11-17(10-15)14-20;3-2(4,5)1(6)7/h15-17H,1-14H2,(H,24,25);(H,6,7). The molecule has 1 saturated heterocycles. The van der Waals surface area contributed by atoms with Crippen LogP contribution < -0.4 is 0 Å². The number of carboxylic acids is 2. The fourth-order valence-electron chi connectivity index (χ4n) is 6.58. The number of halogens is 3. The molecule has 1 heterocycles. The Morgan fingerprint density at radius 1 is 0.844 bits per heavy atom. The summed E-state index contributed by atoms with van der Waals surface area (Å²) in [6.07, 6.45) is 5.33. The molecule has 5 aliphatic rings. The van der Waals surface area contributed by atoms with Gasteiger partial charge in [0.2, 0.25) is 5.91 Å². The highest BCUT2D eigenvalue weighted by Gasteiger charge is 2.50. The van der Waals surface area contributed by atoms with Crippen molar-refractivity contribution < 1.29 is 37.8 Å². The maximum atomic E-state index is 12.0. The molecule has 32 heavy (non-hydrogen) atoms. The summed E-state index contributed by atoms with van der Waals surface area (Å²) >= 11 is 0. The van der Waals surface area contributed by atoms with E-state index in [0.29, 0.717) is 5.41 Å². The van der Waals surface area contributed by atoms with E-state index in [1.165, 1.54) is 51.5 Å². The van der Waals surface area contributed by atoms with Crippen molar-refractivity contribution in [3.8, 4) is 0 Å². The molecule has 0 unspecified atom stereocenters. The van der Waals surface area contributed by atoms with Crippen LogP contribution in [0.4, 0.5) is 13.2 Å². The van der Waals surface area contributed by atoms with Gasteiger partial charge in [-0.2, -0.15) is 13.2 Å². The quantitative estimate of drug-likeness (QED) is 0.629. The second kappa shape index (κ2) is 9.97. The third kappa shape index (κ3) is 6.59. The van der Waals surface area contributed by atoms with Gasteiger partial charge in [-0.1, -0.05) is 0 Å². The number of carbonyl (C=O) groups excluding carboxylic acids is 1. The molecule has 4 aliphatic carbocycles. The molecule has 4 saturated carbocycles. The van der Waals surface area contributed by atoms with Crippen LogP contribution in [0.15, 0.2) is 0 Å². The van der Waals surface area contributed by atoms with Gasteiger partial charge in [0.15, 0.2) is 0 Å². The van der Waals surface area contributed by atoms with Gasteiger partial charge in [0.05, 0.1) is 6.42 Å². The Bertz CT molecular complexity index is 669. The first-order valence-electron chi connectivity index (χ1n) is 11.5. The molecule has 0 atom stereocenters. The fourth-order valence-corrected chi connectivity index (χ4v) is 6.58. The first kappa shape index (κ1) is 24.8. The molecule has 5 fully saturated rings. The van der Waals surface area contributed by atoms with Gasteiger partial charge in [-0.25, -0.2) is 4.79 Å². The predicted molar refractivity (Wildman–Crippen MR) is 109 cm³/mol. The fraction of sp³-hybridized carbons (Fsp3) is 0.864. The summed E-state index contributed by atoms with van der Waals surface area (Å²) in [5.74, 6) is -0.571. The Kier molecular flexibility index (Phi) is 7.73. The molecule has 4 bridgehead atoms. The number of hydrogen-bond acceptors (Lipinski definition) is 4. The van der Waals surface area contributed by atoms with Crippen molar-refractivity contribution in [2.45, 2.75) is 64.0 Å². The van der Waals surface area contributed by atoms with Gasteiger partial charge in [0.1, 0.15) is 0 Å². The number of carbonyl (C=O) groups is 3. The summed E-state index contributed by atoms with van der Waals surface area (Å²) in [5.41, 5.74) is 0.642. The van der Waals surface area contributed by atoms with Crippen LogP contribution in [0.25, 0.3) is 0 Å². The van der Waals surface area contributed by atoms with E-state index >= 15 is 0 Å². The van der Waals surface area contributed by atoms with Gasteiger partial charge in [-0.3, -0.25) is 14.5 Å². The van der Waals surface area contributed by atoms with Crippen LogP contribution in [0, 0.1) is 23.2 Å². The van der Waals surface area contributed by atoms with E-state index in [0.717, 1.165) is 43.9 Å². The van der Waals surface area contributed by atoms with E-state index < -0.39 is 18.1 Å². The largest absolute Gasteiger partial charge is 0.490 e. The number of amides is 1. The highest BCUT2D eigenvalue weighted by Crippen LogP contribution is 2.61. The van der Waals surface area contributed by atoms with Gasteiger partial charge in [-0.05, 0) is 74.7 Å². The molecule has 2 N–H and O–H groups in total. The normalized spacial score (nSPS) is 31.7. The molecule has 182 valence electrons. The minimum absolute atomic E-state index is 0.00290. The number of rotatable bonds is 6. The Morgan fingerprint density at radius 2 is 1.31 bits per heavy atom. The average molecular weight is 463 g/mol. The van der Waals surface area contributed by atoms with Crippen molar-refractivity contribution in [1.82, 2.24) is 9.80 Å². The summed E-state index contributed by atoms with van der Waals surface area (Å²) < 4.78 is 31.7. The molecule has 1 amide bonds. The lowest BCUT2D eigenvalue weighted by Crippen LogP contribution is -2.51. The molecule has 7 nitrogen and oxygen atoms in total. The molecule has 0 radical (unpaired) electrons. The average Bonchev–Trinajstić information content (AvgIpc) is 2.70. The summed E-state index contributed by atoms with van der Waals surface area (Å²) in [4.78, 5) is 35.9. The Morgan fingerprint density at radius 3 is 1.72 bits per heavy atom. The zero-order valence-electron chi connectivity index (χ0n) is 18.3. The molecular weight excluding hydrogens is 429 g/mol. The van der Waals surface area contributed by atoms with Crippen molar-refractivity contribution in [3.05, 3.63) is 0 Å². The zero-order chi connectivity index (χ0) is 23.5. The van der Waals surface area contributed by atoms with Crippen LogP contribution in [-0.4, -0.2) is 76.8 Å². The van der Waals surface area contributed by atoms with Crippen molar-refractivity contribution in [1.29, 1.82) is 0 Å². The van der Waals surface area contributed by atoms with E-state index in [9.17, 15) is 22.8 Å². The predicted octanol–water partition coefficient (Wildman–Crippen LogP) is 3.24. The molecular formula is C22H33F3N2O5. The molecule has 0 spiro atoms. The lowest BCUT2D eigenvalue weighted by molar-refractivity contribution is -0.192. The highest BCUT2D eigenvalue weighted by molar-refractivity contribution is 5.80. The monoisotopic (exact) mass is 462 g/mol. The lowest BCUT2D eigenvalue weighted by atomic mass is 9.49. The summed E-state index contributed by atoms with van der Waals surface area (Å²) in [7, 11) is 0. The van der Waals surface area contributed by atoms with E-state index in [2.05, 4.69) is 4.90 Å². The van der Waals surface area contributed by atoms with Gasteiger partial charge in [0, 0.05) is 32.6 Å². The minimum Gasteiger partial charge on any atom is -0.481 e. The number of aliphatic carboxylic acids is 2. The van der Waals surface area contributed by atoms with Gasteiger partial charge in [0.25, 0.3) is 0 Å². The Hall–Kier alpha value is -1.84. The van der Waals surface area contributed by atoms with E-state index in [1.54, 1.807) is 0 Å². The van der Waals surface area contributed by atoms with Crippen LogP contribution in [-0.2, 0) is 14.4 Å². The van der Waals surface area contributed by atoms with E-state index in [-0.39, 0.29) is 18.7 Å². The van der Waals surface area contributed by atoms with Gasteiger partial charge < -0.3 is 15.1 Å². The topological polar surface area (TPSA) is 98.1 Å². The first-order chi connectivity index (χ1) is 15.0. The second-order valence-corrected chi connectivity index (χ2v) is 10.1. The third-order valence-corrected chi connectivity index (χ3v) is 7.64. The molecule has 0 aromatic heterocycles. The maximum absolute atomic E-state index is 12.0. The molecule has 0 aromatic rings. The number of nitrogens with zero attached hydrogens (tertiary/aromatic N) is 2. The maximum Gasteiger partial charge on any atom is 0.490 e. The molecule has 10 heteroatoms. The number of piperazine rings is 1. The Balaban J connectivity index is 0.000000360. The van der Waals surface area contributed by atoms with Crippen molar-refractivity contribution in [3.63, 3.8) is 0 Å². The van der Waals surface area contributed by atoms with Crippen LogP contribution in [0.2, 0.25) is 0 Å². The summed E-state index contributed by atoms with van der Waals surface area (Å²) in [6.45, 7) is 4.61. The molecule has 0 aromatic carbocycles. The second-order valence-electron chi connectivity index (χ2n) is 10.1. The van der Waals surface area contributed by atoms with Crippen LogP contribution >= 0.6 is 0 Å². The first-order valence-corrected chi connectivity index (χ1v) is 11.5. The van der Waals surface area contributed by atoms with Crippen LogP contribution in [0.3, 0.4) is 0 Å². The zero-order valence-corrected chi connectivity index (χ0v) is 18.3. The minimum atomic E-state index is -5.08. The van der Waals surface area contributed by atoms with Crippen molar-refractivity contribution in [2.75, 3.05) is 32.7 Å². The lowest BCUT2D eigenvalue weighted by Gasteiger charge is -2.57. The van der Waals surface area contributed by atoms with E-state index in [4.69, 9.17) is 15.0 Å². The smallest absolute Gasteiger partial charge is 0.481 e.